The zero-order valence-electron chi connectivity index (χ0n) is 16.4. The number of aromatic nitrogens is 3. The van der Waals surface area contributed by atoms with Crippen molar-refractivity contribution in [3.8, 4) is 11.3 Å². The maximum Gasteiger partial charge on any atom is 0.272 e. The summed E-state index contributed by atoms with van der Waals surface area (Å²) in [5.74, 6) is -0.185. The second kappa shape index (κ2) is 6.83. The second-order valence-electron chi connectivity index (χ2n) is 7.01. The number of carbonyl (C=O) groups excluding carboxylic acids is 2. The summed E-state index contributed by atoms with van der Waals surface area (Å²) in [4.78, 5) is 31.9. The monoisotopic (exact) mass is 365 g/mol. The Kier molecular flexibility index (Phi) is 4.70. The molecule has 0 bridgehead atoms. The average Bonchev–Trinajstić information content (AvgIpc) is 3.04. The van der Waals surface area contributed by atoms with Crippen molar-refractivity contribution in [1.82, 2.24) is 24.4 Å². The summed E-state index contributed by atoms with van der Waals surface area (Å²) < 4.78 is 1.72. The van der Waals surface area contributed by atoms with Gasteiger partial charge in [0.15, 0.2) is 5.65 Å². The molecule has 0 unspecified atom stereocenters. The van der Waals surface area contributed by atoms with E-state index in [0.717, 1.165) is 22.5 Å². The quantitative estimate of drug-likeness (QED) is 0.715. The van der Waals surface area contributed by atoms with Crippen LogP contribution < -0.4 is 0 Å². The van der Waals surface area contributed by atoms with Crippen molar-refractivity contribution in [3.63, 3.8) is 0 Å². The van der Waals surface area contributed by atoms with E-state index in [4.69, 9.17) is 0 Å². The number of fused-ring (bicyclic) bond motifs is 1. The molecule has 0 spiro atoms. The molecule has 3 aromatic rings. The second-order valence-corrected chi connectivity index (χ2v) is 7.01. The van der Waals surface area contributed by atoms with Gasteiger partial charge in [-0.3, -0.25) is 9.59 Å². The van der Waals surface area contributed by atoms with Gasteiger partial charge in [0.2, 0.25) is 0 Å². The van der Waals surface area contributed by atoms with Crippen LogP contribution in [0.15, 0.2) is 30.3 Å². The summed E-state index contributed by atoms with van der Waals surface area (Å²) in [6.45, 7) is 3.84. The molecule has 0 fully saturated rings. The minimum Gasteiger partial charge on any atom is -0.345 e. The number of hydrogen-bond acceptors (Lipinski definition) is 4. The van der Waals surface area contributed by atoms with Crippen LogP contribution in [0.25, 0.3) is 16.9 Å². The lowest BCUT2D eigenvalue weighted by Crippen LogP contribution is -2.23. The van der Waals surface area contributed by atoms with E-state index in [1.807, 2.05) is 32.0 Å². The van der Waals surface area contributed by atoms with Crippen LogP contribution in [0.2, 0.25) is 0 Å². The van der Waals surface area contributed by atoms with Crippen molar-refractivity contribution >= 4 is 17.5 Å². The SMILES string of the molecule is Cc1cc(C(=O)N(C)C)ccc1-c1cc2nc(C(=O)N(C)C)cc(C)n2n1. The van der Waals surface area contributed by atoms with E-state index in [1.54, 1.807) is 49.7 Å². The Morgan fingerprint density at radius 2 is 1.59 bits per heavy atom. The van der Waals surface area contributed by atoms with Crippen LogP contribution in [0.3, 0.4) is 0 Å². The highest BCUT2D eigenvalue weighted by Gasteiger charge is 2.16. The lowest BCUT2D eigenvalue weighted by molar-refractivity contribution is 0.0817. The normalized spacial score (nSPS) is 10.9. The minimum atomic E-state index is -0.147. The van der Waals surface area contributed by atoms with Gasteiger partial charge in [-0.05, 0) is 37.6 Å². The Labute approximate surface area is 158 Å². The van der Waals surface area contributed by atoms with Gasteiger partial charge in [-0.1, -0.05) is 6.07 Å². The van der Waals surface area contributed by atoms with E-state index in [1.165, 1.54) is 4.90 Å². The van der Waals surface area contributed by atoms with E-state index in [0.29, 0.717) is 16.9 Å². The molecule has 0 atom stereocenters. The zero-order chi connectivity index (χ0) is 19.9. The fraction of sp³-hybridized carbons (Fsp3) is 0.300. The van der Waals surface area contributed by atoms with Gasteiger partial charge in [0.05, 0.1) is 5.69 Å². The molecule has 0 aliphatic heterocycles. The van der Waals surface area contributed by atoms with Gasteiger partial charge in [-0.2, -0.15) is 5.10 Å². The molecule has 0 saturated carbocycles. The number of hydrogen-bond donors (Lipinski definition) is 0. The van der Waals surface area contributed by atoms with Crippen LogP contribution in [0.4, 0.5) is 0 Å². The fourth-order valence-corrected chi connectivity index (χ4v) is 2.94. The molecule has 0 radical (unpaired) electrons. The molecule has 7 nitrogen and oxygen atoms in total. The third-order valence-electron chi connectivity index (χ3n) is 4.39. The minimum absolute atomic E-state index is 0.0380. The third kappa shape index (κ3) is 3.40. The van der Waals surface area contributed by atoms with Crippen LogP contribution in [-0.4, -0.2) is 64.4 Å². The summed E-state index contributed by atoms with van der Waals surface area (Å²) in [6.07, 6.45) is 0. The molecule has 2 heterocycles. The van der Waals surface area contributed by atoms with Gasteiger partial charge in [0, 0.05) is 51.1 Å². The predicted octanol–water partition coefficient (Wildman–Crippen LogP) is 2.42. The van der Waals surface area contributed by atoms with Crippen LogP contribution in [0.1, 0.15) is 32.1 Å². The molecule has 1 aromatic carbocycles. The van der Waals surface area contributed by atoms with Crippen molar-refractivity contribution in [2.75, 3.05) is 28.2 Å². The van der Waals surface area contributed by atoms with Crippen LogP contribution in [0, 0.1) is 13.8 Å². The van der Waals surface area contributed by atoms with E-state index < -0.39 is 0 Å². The number of rotatable bonds is 3. The van der Waals surface area contributed by atoms with Crippen molar-refractivity contribution < 1.29 is 9.59 Å². The van der Waals surface area contributed by atoms with Gasteiger partial charge in [0.1, 0.15) is 5.69 Å². The summed E-state index contributed by atoms with van der Waals surface area (Å²) in [5, 5.41) is 4.63. The van der Waals surface area contributed by atoms with Crippen LogP contribution in [-0.2, 0) is 0 Å². The van der Waals surface area contributed by atoms with Gasteiger partial charge in [0.25, 0.3) is 11.8 Å². The highest BCUT2D eigenvalue weighted by Crippen LogP contribution is 2.25. The fourth-order valence-electron chi connectivity index (χ4n) is 2.94. The molecule has 0 N–H and O–H groups in total. The van der Waals surface area contributed by atoms with Crippen molar-refractivity contribution in [2.45, 2.75) is 13.8 Å². The van der Waals surface area contributed by atoms with Crippen molar-refractivity contribution in [1.29, 1.82) is 0 Å². The van der Waals surface area contributed by atoms with E-state index in [-0.39, 0.29) is 11.8 Å². The third-order valence-corrected chi connectivity index (χ3v) is 4.39. The molecule has 3 rings (SSSR count). The summed E-state index contributed by atoms with van der Waals surface area (Å²) in [7, 11) is 6.86. The topological polar surface area (TPSA) is 70.8 Å². The number of nitrogens with zero attached hydrogens (tertiary/aromatic N) is 5. The molecule has 0 aliphatic carbocycles. The lowest BCUT2D eigenvalue weighted by Gasteiger charge is -2.11. The lowest BCUT2D eigenvalue weighted by atomic mass is 10.0. The first kappa shape index (κ1) is 18.6. The first-order valence-electron chi connectivity index (χ1n) is 8.61. The molecule has 2 amide bonds. The first-order valence-corrected chi connectivity index (χ1v) is 8.61. The first-order chi connectivity index (χ1) is 12.7. The van der Waals surface area contributed by atoms with Gasteiger partial charge in [-0.25, -0.2) is 9.50 Å². The molecule has 7 heteroatoms. The Balaban J connectivity index is 2.06. The molecule has 27 heavy (non-hydrogen) atoms. The van der Waals surface area contributed by atoms with Crippen molar-refractivity contribution in [3.05, 3.63) is 52.8 Å². The largest absolute Gasteiger partial charge is 0.345 e. The average molecular weight is 365 g/mol. The standard InChI is InChI=1S/C20H23N5O2/c1-12-9-14(19(26)23(3)4)7-8-15(12)16-11-18-21-17(20(27)24(5)6)10-13(2)25(18)22-16/h7-11H,1-6H3. The molecular weight excluding hydrogens is 342 g/mol. The van der Waals surface area contributed by atoms with Gasteiger partial charge >= 0.3 is 0 Å². The number of benzene rings is 1. The molecule has 0 aliphatic rings. The van der Waals surface area contributed by atoms with Gasteiger partial charge < -0.3 is 9.80 Å². The molecule has 140 valence electrons. The summed E-state index contributed by atoms with van der Waals surface area (Å²) in [6, 6.07) is 9.15. The number of carbonyl (C=O) groups is 2. The van der Waals surface area contributed by atoms with Gasteiger partial charge in [-0.15, -0.1) is 0 Å². The molecular formula is C20H23N5O2. The highest BCUT2D eigenvalue weighted by molar-refractivity contribution is 5.95. The van der Waals surface area contributed by atoms with Crippen LogP contribution in [0.5, 0.6) is 0 Å². The Morgan fingerprint density at radius 1 is 0.926 bits per heavy atom. The number of amides is 2. The summed E-state index contributed by atoms with van der Waals surface area (Å²) >= 11 is 0. The van der Waals surface area contributed by atoms with E-state index >= 15 is 0 Å². The molecule has 2 aromatic heterocycles. The zero-order valence-corrected chi connectivity index (χ0v) is 16.4. The van der Waals surface area contributed by atoms with Crippen molar-refractivity contribution in [2.24, 2.45) is 0 Å². The Hall–Kier alpha value is -3.22. The maximum atomic E-state index is 12.2. The Morgan fingerprint density at radius 3 is 2.19 bits per heavy atom. The maximum absolute atomic E-state index is 12.2. The smallest absolute Gasteiger partial charge is 0.272 e. The summed E-state index contributed by atoms with van der Waals surface area (Å²) in [5.41, 5.74) is 5.10. The van der Waals surface area contributed by atoms with E-state index in [9.17, 15) is 9.59 Å². The number of aryl methyl sites for hydroxylation is 2. The highest BCUT2D eigenvalue weighted by atomic mass is 16.2. The Bertz CT molecular complexity index is 1050. The molecule has 0 saturated heterocycles. The predicted molar refractivity (Wildman–Crippen MR) is 104 cm³/mol. The van der Waals surface area contributed by atoms with E-state index in [2.05, 4.69) is 10.1 Å². The van der Waals surface area contributed by atoms with Crippen LogP contribution >= 0.6 is 0 Å².